The van der Waals surface area contributed by atoms with Crippen LogP contribution in [-0.2, 0) is 9.59 Å². The number of phenols is 2. The van der Waals surface area contributed by atoms with E-state index in [-0.39, 0.29) is 22.7 Å². The van der Waals surface area contributed by atoms with E-state index in [2.05, 4.69) is 0 Å². The third kappa shape index (κ3) is 5.53. The molecular weight excluding hydrogens is 366 g/mol. The van der Waals surface area contributed by atoms with Crippen LogP contribution in [0.3, 0.4) is 0 Å². The largest absolute Gasteiger partial charge is 0.508 e. The third-order valence-electron chi connectivity index (χ3n) is 3.67. The average Bonchev–Trinajstić information content (AvgIpc) is 2.65. The number of allylic oxidation sites excluding steroid dienone is 2. The van der Waals surface area contributed by atoms with Crippen molar-refractivity contribution in [2.75, 3.05) is 7.11 Å². The molecule has 0 aliphatic carbocycles. The summed E-state index contributed by atoms with van der Waals surface area (Å²) in [7, 11) is 1.42. The lowest BCUT2D eigenvalue weighted by atomic mass is 10.1. The van der Waals surface area contributed by atoms with Crippen LogP contribution in [0.4, 0.5) is 5.69 Å². The molecule has 0 bridgehead atoms. The van der Waals surface area contributed by atoms with Crippen molar-refractivity contribution in [3.63, 3.8) is 0 Å². The molecule has 0 spiro atoms. The van der Waals surface area contributed by atoms with Gasteiger partial charge in [0, 0.05) is 17.7 Å². The van der Waals surface area contributed by atoms with Crippen LogP contribution >= 0.6 is 0 Å². The van der Waals surface area contributed by atoms with Gasteiger partial charge in [-0.1, -0.05) is 0 Å². The zero-order valence-electron chi connectivity index (χ0n) is 14.9. The highest BCUT2D eigenvalue weighted by Crippen LogP contribution is 2.25. The number of aromatic hydroxyl groups is 2. The van der Waals surface area contributed by atoms with E-state index in [0.29, 0.717) is 11.3 Å². The van der Waals surface area contributed by atoms with Gasteiger partial charge in [0.2, 0.25) is 0 Å². The van der Waals surface area contributed by atoms with Crippen molar-refractivity contribution < 1.29 is 29.5 Å². The maximum absolute atomic E-state index is 12.0. The lowest BCUT2D eigenvalue weighted by Crippen LogP contribution is -2.02. The van der Waals surface area contributed by atoms with Gasteiger partial charge < -0.3 is 14.9 Å². The van der Waals surface area contributed by atoms with Crippen molar-refractivity contribution in [3.8, 4) is 17.2 Å². The Labute approximate surface area is 160 Å². The predicted molar refractivity (Wildman–Crippen MR) is 102 cm³/mol. The molecule has 2 N–H and O–H groups in total. The van der Waals surface area contributed by atoms with Gasteiger partial charge in [-0.3, -0.25) is 19.7 Å². The lowest BCUT2D eigenvalue weighted by Gasteiger charge is -2.04. The van der Waals surface area contributed by atoms with E-state index in [0.717, 1.165) is 18.2 Å². The SMILES string of the molecule is COc1cc(O)ccc1C=CC(=O)CC(=O)C=Cc1cc(O)ccc1[N+](=O)[O-]. The molecule has 2 aromatic carbocycles. The number of carbonyl (C=O) groups excluding carboxylic acids is 2. The minimum Gasteiger partial charge on any atom is -0.508 e. The number of ether oxygens (including phenoxy) is 1. The van der Waals surface area contributed by atoms with Crippen molar-refractivity contribution in [2.45, 2.75) is 6.42 Å². The van der Waals surface area contributed by atoms with Gasteiger partial charge in [-0.25, -0.2) is 0 Å². The van der Waals surface area contributed by atoms with E-state index < -0.39 is 22.9 Å². The summed E-state index contributed by atoms with van der Waals surface area (Å²) in [6.07, 6.45) is 4.46. The fraction of sp³-hybridized carbons (Fsp3) is 0.100. The highest BCUT2D eigenvalue weighted by atomic mass is 16.6. The summed E-state index contributed by atoms with van der Waals surface area (Å²) in [5.41, 5.74) is 0.328. The monoisotopic (exact) mass is 383 g/mol. The van der Waals surface area contributed by atoms with Crippen molar-refractivity contribution in [1.82, 2.24) is 0 Å². The zero-order valence-corrected chi connectivity index (χ0v) is 14.9. The molecule has 0 saturated heterocycles. The fourth-order valence-corrected chi connectivity index (χ4v) is 2.33. The van der Waals surface area contributed by atoms with Gasteiger partial charge in [0.25, 0.3) is 5.69 Å². The van der Waals surface area contributed by atoms with Crippen molar-refractivity contribution in [2.24, 2.45) is 0 Å². The van der Waals surface area contributed by atoms with Crippen LogP contribution in [0.25, 0.3) is 12.2 Å². The Hall–Kier alpha value is -3.94. The molecule has 28 heavy (non-hydrogen) atoms. The van der Waals surface area contributed by atoms with Crippen LogP contribution in [0.1, 0.15) is 17.5 Å². The van der Waals surface area contributed by atoms with E-state index in [1.54, 1.807) is 6.07 Å². The lowest BCUT2D eigenvalue weighted by molar-refractivity contribution is -0.385. The number of hydrogen-bond donors (Lipinski definition) is 2. The number of carbonyl (C=O) groups is 2. The van der Waals surface area contributed by atoms with Crippen LogP contribution in [0, 0.1) is 10.1 Å². The zero-order chi connectivity index (χ0) is 20.7. The summed E-state index contributed by atoms with van der Waals surface area (Å²) in [5.74, 6) is -0.826. The first-order valence-corrected chi connectivity index (χ1v) is 8.06. The first-order chi connectivity index (χ1) is 13.3. The Bertz CT molecular complexity index is 977. The summed E-state index contributed by atoms with van der Waals surface area (Å²) < 4.78 is 5.09. The average molecular weight is 383 g/mol. The van der Waals surface area contributed by atoms with Crippen LogP contribution in [0.15, 0.2) is 48.6 Å². The van der Waals surface area contributed by atoms with Crippen LogP contribution in [-0.4, -0.2) is 33.8 Å². The van der Waals surface area contributed by atoms with Gasteiger partial charge in [-0.2, -0.15) is 0 Å². The van der Waals surface area contributed by atoms with Gasteiger partial charge in [0.15, 0.2) is 11.6 Å². The van der Waals surface area contributed by atoms with Gasteiger partial charge in [0.05, 0.1) is 24.0 Å². The molecule has 0 fully saturated rings. The van der Waals surface area contributed by atoms with Crippen LogP contribution in [0.5, 0.6) is 17.2 Å². The quantitative estimate of drug-likeness (QED) is 0.310. The molecule has 2 aromatic rings. The number of methoxy groups -OCH3 is 1. The second-order valence-corrected chi connectivity index (χ2v) is 5.70. The summed E-state index contributed by atoms with van der Waals surface area (Å²) in [4.78, 5) is 34.2. The van der Waals surface area contributed by atoms with Crippen molar-refractivity contribution in [3.05, 3.63) is 69.8 Å². The number of nitro benzene ring substituents is 1. The van der Waals surface area contributed by atoms with Crippen LogP contribution < -0.4 is 4.74 Å². The van der Waals surface area contributed by atoms with E-state index in [4.69, 9.17) is 4.74 Å². The highest BCUT2D eigenvalue weighted by Gasteiger charge is 2.12. The number of hydrogen-bond acceptors (Lipinski definition) is 7. The second kappa shape index (κ2) is 9.13. The molecule has 0 aliphatic rings. The number of rotatable bonds is 8. The van der Waals surface area contributed by atoms with Gasteiger partial charge in [0.1, 0.15) is 17.2 Å². The molecule has 0 heterocycles. The minimum atomic E-state index is -0.636. The molecule has 0 amide bonds. The Kier molecular flexibility index (Phi) is 6.64. The number of phenolic OH excluding ortho intramolecular Hbond substituents is 2. The van der Waals surface area contributed by atoms with Crippen molar-refractivity contribution >= 4 is 29.4 Å². The molecule has 0 unspecified atom stereocenters. The smallest absolute Gasteiger partial charge is 0.276 e. The standard InChI is InChI=1S/C20H17NO7/c1-28-20-12-18(25)6-3-13(20)2-5-16(23)11-17(24)7-4-14-10-15(22)8-9-19(14)21(26)27/h2-10,12,22,25H,11H2,1H3. The Morgan fingerprint density at radius 2 is 1.57 bits per heavy atom. The molecule has 144 valence electrons. The first kappa shape index (κ1) is 20.4. The number of ketones is 2. The van der Waals surface area contributed by atoms with Crippen LogP contribution in [0.2, 0.25) is 0 Å². The van der Waals surface area contributed by atoms with E-state index in [9.17, 15) is 29.9 Å². The molecule has 2 rings (SSSR count). The van der Waals surface area contributed by atoms with E-state index in [1.165, 1.54) is 43.5 Å². The molecular formula is C20H17NO7. The normalized spacial score (nSPS) is 11.0. The van der Waals surface area contributed by atoms with Crippen molar-refractivity contribution in [1.29, 1.82) is 0 Å². The first-order valence-electron chi connectivity index (χ1n) is 8.06. The van der Waals surface area contributed by atoms with E-state index in [1.807, 2.05) is 0 Å². The Morgan fingerprint density at radius 3 is 2.18 bits per heavy atom. The number of nitro groups is 1. The van der Waals surface area contributed by atoms with Gasteiger partial charge >= 0.3 is 0 Å². The molecule has 0 aliphatic heterocycles. The molecule has 0 radical (unpaired) electrons. The molecule has 8 nitrogen and oxygen atoms in total. The maximum Gasteiger partial charge on any atom is 0.276 e. The number of benzene rings is 2. The summed E-state index contributed by atoms with van der Waals surface area (Å²) >= 11 is 0. The van der Waals surface area contributed by atoms with Gasteiger partial charge in [-0.15, -0.1) is 0 Å². The summed E-state index contributed by atoms with van der Waals surface area (Å²) in [5, 5.41) is 29.8. The molecule has 0 atom stereocenters. The predicted octanol–water partition coefficient (Wildman–Crippen LogP) is 3.27. The summed E-state index contributed by atoms with van der Waals surface area (Å²) in [6, 6.07) is 7.83. The molecule has 8 heteroatoms. The Balaban J connectivity index is 2.05. The maximum atomic E-state index is 12.0. The molecule has 0 saturated carbocycles. The number of nitrogens with zero attached hydrogens (tertiary/aromatic N) is 1. The van der Waals surface area contributed by atoms with Gasteiger partial charge in [-0.05, 0) is 48.6 Å². The second-order valence-electron chi connectivity index (χ2n) is 5.70. The summed E-state index contributed by atoms with van der Waals surface area (Å²) in [6.45, 7) is 0. The van der Waals surface area contributed by atoms with E-state index >= 15 is 0 Å². The topological polar surface area (TPSA) is 127 Å². The third-order valence-corrected chi connectivity index (χ3v) is 3.67. The highest BCUT2D eigenvalue weighted by molar-refractivity contribution is 6.11. The Morgan fingerprint density at radius 1 is 1.00 bits per heavy atom. The molecule has 0 aromatic heterocycles. The minimum absolute atomic E-state index is 0.0154. The fourth-order valence-electron chi connectivity index (χ4n) is 2.33.